The molecule has 0 unspecified atom stereocenters. The van der Waals surface area contributed by atoms with Gasteiger partial charge in [0, 0.05) is 44.6 Å². The van der Waals surface area contributed by atoms with Crippen LogP contribution < -0.4 is 10.2 Å². The van der Waals surface area contributed by atoms with E-state index in [0.717, 1.165) is 48.8 Å². The SMILES string of the molecule is CN(C)c1ccc(-c2cnc3ccc(NC4CCOCC4)nn23)cc1. The molecule has 0 bridgehead atoms. The lowest BCUT2D eigenvalue weighted by Gasteiger charge is -2.23. The molecule has 0 spiro atoms. The average molecular weight is 337 g/mol. The van der Waals surface area contributed by atoms with E-state index in [9.17, 15) is 0 Å². The van der Waals surface area contributed by atoms with Crippen molar-refractivity contribution in [3.8, 4) is 11.3 Å². The minimum absolute atomic E-state index is 0.421. The second-order valence-corrected chi connectivity index (χ2v) is 6.60. The van der Waals surface area contributed by atoms with Gasteiger partial charge in [-0.15, -0.1) is 5.10 Å². The monoisotopic (exact) mass is 337 g/mol. The third-order valence-electron chi connectivity index (χ3n) is 4.62. The minimum Gasteiger partial charge on any atom is -0.381 e. The summed E-state index contributed by atoms with van der Waals surface area (Å²) in [5.74, 6) is 0.878. The molecule has 6 heteroatoms. The van der Waals surface area contributed by atoms with Crippen molar-refractivity contribution in [2.75, 3.05) is 37.5 Å². The van der Waals surface area contributed by atoms with Crippen molar-refractivity contribution < 1.29 is 4.74 Å². The molecular weight excluding hydrogens is 314 g/mol. The summed E-state index contributed by atoms with van der Waals surface area (Å²) in [5, 5.41) is 8.27. The van der Waals surface area contributed by atoms with E-state index in [1.54, 1.807) is 0 Å². The molecule has 1 N–H and O–H groups in total. The van der Waals surface area contributed by atoms with Gasteiger partial charge in [0.2, 0.25) is 0 Å². The van der Waals surface area contributed by atoms with Crippen molar-refractivity contribution in [1.29, 1.82) is 0 Å². The van der Waals surface area contributed by atoms with Crippen molar-refractivity contribution in [3.63, 3.8) is 0 Å². The van der Waals surface area contributed by atoms with Crippen LogP contribution in [0, 0.1) is 0 Å². The van der Waals surface area contributed by atoms with Crippen molar-refractivity contribution in [2.45, 2.75) is 18.9 Å². The summed E-state index contributed by atoms with van der Waals surface area (Å²) in [4.78, 5) is 6.57. The third kappa shape index (κ3) is 3.30. The van der Waals surface area contributed by atoms with Gasteiger partial charge in [0.15, 0.2) is 5.65 Å². The molecular formula is C19H23N5O. The van der Waals surface area contributed by atoms with Gasteiger partial charge < -0.3 is 15.0 Å². The lowest BCUT2D eigenvalue weighted by Crippen LogP contribution is -2.28. The van der Waals surface area contributed by atoms with Crippen LogP contribution in [0.2, 0.25) is 0 Å². The molecule has 0 radical (unpaired) electrons. The summed E-state index contributed by atoms with van der Waals surface area (Å²) >= 11 is 0. The van der Waals surface area contributed by atoms with Crippen molar-refractivity contribution >= 4 is 17.2 Å². The third-order valence-corrected chi connectivity index (χ3v) is 4.62. The van der Waals surface area contributed by atoms with Crippen LogP contribution in [0.3, 0.4) is 0 Å². The molecule has 130 valence electrons. The first-order valence-corrected chi connectivity index (χ1v) is 8.67. The van der Waals surface area contributed by atoms with Gasteiger partial charge in [-0.05, 0) is 37.1 Å². The van der Waals surface area contributed by atoms with Crippen LogP contribution >= 0.6 is 0 Å². The van der Waals surface area contributed by atoms with E-state index in [2.05, 4.69) is 39.5 Å². The molecule has 0 saturated carbocycles. The van der Waals surface area contributed by atoms with Crippen molar-refractivity contribution in [2.24, 2.45) is 0 Å². The predicted octanol–water partition coefficient (Wildman–Crippen LogP) is 3.05. The summed E-state index contributed by atoms with van der Waals surface area (Å²) in [5.41, 5.74) is 4.13. The standard InChI is InChI=1S/C19H23N5O/c1-23(2)16-5-3-14(4-6-16)17-13-20-19-8-7-18(22-24(17)19)21-15-9-11-25-12-10-15/h3-8,13,15H,9-12H2,1-2H3,(H,21,22). The number of imidazole rings is 1. The normalized spacial score (nSPS) is 15.4. The highest BCUT2D eigenvalue weighted by Gasteiger charge is 2.15. The van der Waals surface area contributed by atoms with Crippen LogP contribution in [0.15, 0.2) is 42.6 Å². The number of benzene rings is 1. The first kappa shape index (κ1) is 15.9. The highest BCUT2D eigenvalue weighted by atomic mass is 16.5. The maximum atomic E-state index is 5.42. The van der Waals surface area contributed by atoms with Crippen LogP contribution in [0.5, 0.6) is 0 Å². The number of anilines is 2. The summed E-state index contributed by atoms with van der Waals surface area (Å²) in [7, 11) is 4.08. The highest BCUT2D eigenvalue weighted by Crippen LogP contribution is 2.24. The van der Waals surface area contributed by atoms with Crippen molar-refractivity contribution in [1.82, 2.24) is 14.6 Å². The Balaban J connectivity index is 1.63. The largest absolute Gasteiger partial charge is 0.381 e. The zero-order chi connectivity index (χ0) is 17.2. The number of nitrogens with one attached hydrogen (secondary N) is 1. The van der Waals surface area contributed by atoms with Gasteiger partial charge in [-0.3, -0.25) is 0 Å². The van der Waals surface area contributed by atoms with Crippen LogP contribution in [0.25, 0.3) is 16.9 Å². The van der Waals surface area contributed by atoms with Crippen LogP contribution in [0.1, 0.15) is 12.8 Å². The second kappa shape index (κ2) is 6.72. The predicted molar refractivity (Wildman–Crippen MR) is 100 cm³/mol. The molecule has 0 atom stereocenters. The van der Waals surface area contributed by atoms with Crippen LogP contribution in [-0.4, -0.2) is 47.9 Å². The fourth-order valence-corrected chi connectivity index (χ4v) is 3.13. The van der Waals surface area contributed by atoms with E-state index in [1.807, 2.05) is 36.9 Å². The Labute approximate surface area is 147 Å². The maximum Gasteiger partial charge on any atom is 0.154 e. The van der Waals surface area contributed by atoms with Gasteiger partial charge in [-0.2, -0.15) is 0 Å². The fraction of sp³-hybridized carbons (Fsp3) is 0.368. The number of rotatable bonds is 4. The topological polar surface area (TPSA) is 54.7 Å². The van der Waals surface area contributed by atoms with Crippen molar-refractivity contribution in [3.05, 3.63) is 42.6 Å². The Morgan fingerprint density at radius 3 is 2.56 bits per heavy atom. The number of ether oxygens (including phenoxy) is 1. The van der Waals surface area contributed by atoms with Crippen LogP contribution in [-0.2, 0) is 4.74 Å². The Morgan fingerprint density at radius 2 is 1.84 bits per heavy atom. The molecule has 2 aromatic heterocycles. The molecule has 6 nitrogen and oxygen atoms in total. The average Bonchev–Trinajstić information content (AvgIpc) is 3.06. The van der Waals surface area contributed by atoms with E-state index < -0.39 is 0 Å². The lowest BCUT2D eigenvalue weighted by atomic mass is 10.1. The Hall–Kier alpha value is -2.60. The molecule has 3 aromatic rings. The van der Waals surface area contributed by atoms with Gasteiger partial charge >= 0.3 is 0 Å². The Bertz CT molecular complexity index is 850. The van der Waals surface area contributed by atoms with Gasteiger partial charge in [0.05, 0.1) is 11.9 Å². The van der Waals surface area contributed by atoms with E-state index in [-0.39, 0.29) is 0 Å². The number of hydrogen-bond donors (Lipinski definition) is 1. The quantitative estimate of drug-likeness (QED) is 0.793. The molecule has 1 aliphatic heterocycles. The first-order chi connectivity index (χ1) is 12.2. The van der Waals surface area contributed by atoms with E-state index in [0.29, 0.717) is 6.04 Å². The summed E-state index contributed by atoms with van der Waals surface area (Å²) in [6.45, 7) is 1.63. The fourth-order valence-electron chi connectivity index (χ4n) is 3.13. The molecule has 0 amide bonds. The van der Waals surface area contributed by atoms with Gasteiger partial charge in [-0.25, -0.2) is 9.50 Å². The Morgan fingerprint density at radius 1 is 1.08 bits per heavy atom. The molecule has 3 heterocycles. The molecule has 0 aliphatic carbocycles. The number of fused-ring (bicyclic) bond motifs is 1. The summed E-state index contributed by atoms with van der Waals surface area (Å²) in [6.07, 6.45) is 3.91. The number of hydrogen-bond acceptors (Lipinski definition) is 5. The minimum atomic E-state index is 0.421. The van der Waals surface area contributed by atoms with E-state index in [1.165, 1.54) is 5.69 Å². The first-order valence-electron chi connectivity index (χ1n) is 8.67. The molecule has 1 fully saturated rings. The maximum absolute atomic E-state index is 5.42. The molecule has 4 rings (SSSR count). The zero-order valence-electron chi connectivity index (χ0n) is 14.6. The van der Waals surface area contributed by atoms with Gasteiger partial charge in [-0.1, -0.05) is 12.1 Å². The van der Waals surface area contributed by atoms with Gasteiger partial charge in [0.1, 0.15) is 5.82 Å². The van der Waals surface area contributed by atoms with E-state index >= 15 is 0 Å². The second-order valence-electron chi connectivity index (χ2n) is 6.60. The smallest absolute Gasteiger partial charge is 0.154 e. The molecule has 1 aromatic carbocycles. The molecule has 1 aliphatic rings. The number of aromatic nitrogens is 3. The number of nitrogens with zero attached hydrogens (tertiary/aromatic N) is 4. The molecule has 1 saturated heterocycles. The highest BCUT2D eigenvalue weighted by molar-refractivity contribution is 5.66. The van der Waals surface area contributed by atoms with Gasteiger partial charge in [0.25, 0.3) is 0 Å². The Kier molecular flexibility index (Phi) is 4.28. The molecule has 25 heavy (non-hydrogen) atoms. The van der Waals surface area contributed by atoms with Crippen LogP contribution in [0.4, 0.5) is 11.5 Å². The lowest BCUT2D eigenvalue weighted by molar-refractivity contribution is 0.0903. The van der Waals surface area contributed by atoms with E-state index in [4.69, 9.17) is 9.84 Å². The summed E-state index contributed by atoms with van der Waals surface area (Å²) < 4.78 is 7.33. The summed E-state index contributed by atoms with van der Waals surface area (Å²) in [6, 6.07) is 12.9. The zero-order valence-corrected chi connectivity index (χ0v) is 14.6.